The Bertz CT molecular complexity index is 1170. The Kier molecular flexibility index (Phi) is 5.75. The molecule has 1 aliphatic heterocycles. The van der Waals surface area contributed by atoms with Gasteiger partial charge < -0.3 is 10.0 Å². The highest BCUT2D eigenvalue weighted by Gasteiger charge is 2.14. The van der Waals surface area contributed by atoms with Gasteiger partial charge in [0.15, 0.2) is 12.7 Å². The number of hydrogen-bond donors (Lipinski definition) is 1. The van der Waals surface area contributed by atoms with Gasteiger partial charge in [-0.3, -0.25) is 4.79 Å². The molecule has 0 saturated heterocycles. The SMILES string of the molecule is CCN1C=CC(=CC=Cc2cc[n+](CCC(=O)O)c3ccccc23)c2ccccc21. The van der Waals surface area contributed by atoms with Gasteiger partial charge in [-0.1, -0.05) is 48.6 Å². The maximum Gasteiger partial charge on any atom is 0.309 e. The largest absolute Gasteiger partial charge is 0.481 e. The Labute approximate surface area is 176 Å². The van der Waals surface area contributed by atoms with E-state index in [1.807, 2.05) is 35.0 Å². The summed E-state index contributed by atoms with van der Waals surface area (Å²) in [6.07, 6.45) is 12.7. The van der Waals surface area contributed by atoms with Gasteiger partial charge in [0.25, 0.3) is 0 Å². The molecule has 0 amide bonds. The molecule has 4 heteroatoms. The lowest BCUT2D eigenvalue weighted by atomic mass is 9.99. The molecule has 0 saturated carbocycles. The van der Waals surface area contributed by atoms with Crippen LogP contribution in [0, 0.1) is 0 Å². The molecule has 0 fully saturated rings. The zero-order valence-corrected chi connectivity index (χ0v) is 17.0. The second kappa shape index (κ2) is 8.78. The molecule has 2 heterocycles. The lowest BCUT2D eigenvalue weighted by molar-refractivity contribution is -0.670. The topological polar surface area (TPSA) is 44.4 Å². The van der Waals surface area contributed by atoms with Crippen LogP contribution in [0.4, 0.5) is 5.69 Å². The predicted octanol–water partition coefficient (Wildman–Crippen LogP) is 5.05. The standard InChI is InChI=1S/C26H24N2O2/c1-2-27-17-14-20(22-10-3-5-12-24(22)27)8-7-9-21-15-18-28(19-16-26(29)30)25-13-6-4-11-23(21)25/h3-15,17-18H,2,16,19H2,1H3/p+1. The molecule has 2 aromatic carbocycles. The molecule has 1 aliphatic rings. The minimum absolute atomic E-state index is 0.108. The fourth-order valence-corrected chi connectivity index (χ4v) is 3.85. The number of aromatic nitrogens is 1. The number of benzene rings is 2. The number of para-hydroxylation sites is 2. The minimum Gasteiger partial charge on any atom is -0.481 e. The molecule has 1 aromatic heterocycles. The van der Waals surface area contributed by atoms with Crippen LogP contribution in [0.25, 0.3) is 22.6 Å². The van der Waals surface area contributed by atoms with Crippen molar-refractivity contribution < 1.29 is 14.5 Å². The second-order valence-corrected chi connectivity index (χ2v) is 7.23. The highest BCUT2D eigenvalue weighted by molar-refractivity contribution is 5.89. The number of rotatable bonds is 6. The van der Waals surface area contributed by atoms with E-state index in [0.29, 0.717) is 6.54 Å². The molecule has 0 radical (unpaired) electrons. The van der Waals surface area contributed by atoms with Gasteiger partial charge in [-0.15, -0.1) is 0 Å². The molecule has 0 atom stereocenters. The van der Waals surface area contributed by atoms with Crippen molar-refractivity contribution in [2.45, 2.75) is 19.9 Å². The smallest absolute Gasteiger partial charge is 0.309 e. The van der Waals surface area contributed by atoms with Crippen molar-refractivity contribution in [1.29, 1.82) is 0 Å². The van der Waals surface area contributed by atoms with Gasteiger partial charge in [-0.05, 0) is 36.3 Å². The van der Waals surface area contributed by atoms with E-state index < -0.39 is 5.97 Å². The number of carbonyl (C=O) groups is 1. The number of anilines is 1. The van der Waals surface area contributed by atoms with Gasteiger partial charge in [0.1, 0.15) is 6.42 Å². The van der Waals surface area contributed by atoms with E-state index in [0.717, 1.165) is 23.0 Å². The Morgan fingerprint density at radius 2 is 1.90 bits per heavy atom. The Balaban J connectivity index is 1.65. The van der Waals surface area contributed by atoms with E-state index >= 15 is 0 Å². The highest BCUT2D eigenvalue weighted by Crippen LogP contribution is 2.32. The van der Waals surface area contributed by atoms with Crippen LogP contribution >= 0.6 is 0 Å². The van der Waals surface area contributed by atoms with Crippen molar-refractivity contribution in [2.24, 2.45) is 0 Å². The molecular weight excluding hydrogens is 372 g/mol. The van der Waals surface area contributed by atoms with E-state index in [4.69, 9.17) is 5.11 Å². The molecule has 150 valence electrons. The Morgan fingerprint density at radius 1 is 1.10 bits per heavy atom. The molecule has 4 nitrogen and oxygen atoms in total. The zero-order chi connectivity index (χ0) is 20.9. The van der Waals surface area contributed by atoms with Crippen molar-refractivity contribution in [3.8, 4) is 0 Å². The summed E-state index contributed by atoms with van der Waals surface area (Å²) >= 11 is 0. The summed E-state index contributed by atoms with van der Waals surface area (Å²) in [6, 6.07) is 18.6. The first-order valence-electron chi connectivity index (χ1n) is 10.2. The Morgan fingerprint density at radius 3 is 2.73 bits per heavy atom. The number of pyridine rings is 1. The van der Waals surface area contributed by atoms with Crippen LogP contribution < -0.4 is 9.47 Å². The van der Waals surface area contributed by atoms with E-state index in [-0.39, 0.29) is 6.42 Å². The number of fused-ring (bicyclic) bond motifs is 2. The maximum atomic E-state index is 11.0. The van der Waals surface area contributed by atoms with Gasteiger partial charge in [-0.25, -0.2) is 0 Å². The lowest BCUT2D eigenvalue weighted by Crippen LogP contribution is -2.35. The van der Waals surface area contributed by atoms with Gasteiger partial charge in [0, 0.05) is 36.1 Å². The quantitative estimate of drug-likeness (QED) is 0.592. The van der Waals surface area contributed by atoms with Crippen LogP contribution in [-0.4, -0.2) is 17.6 Å². The van der Waals surface area contributed by atoms with E-state index in [1.165, 1.54) is 16.8 Å². The van der Waals surface area contributed by atoms with Gasteiger partial charge in [-0.2, -0.15) is 4.57 Å². The molecule has 0 bridgehead atoms. The van der Waals surface area contributed by atoms with Crippen LogP contribution in [0.2, 0.25) is 0 Å². The third-order valence-corrected chi connectivity index (χ3v) is 5.38. The monoisotopic (exact) mass is 397 g/mol. The third-order valence-electron chi connectivity index (χ3n) is 5.38. The van der Waals surface area contributed by atoms with Crippen LogP contribution in [0.15, 0.2) is 85.2 Å². The van der Waals surface area contributed by atoms with Crippen molar-refractivity contribution in [3.63, 3.8) is 0 Å². The minimum atomic E-state index is -0.787. The first-order valence-corrected chi connectivity index (χ1v) is 10.2. The maximum absolute atomic E-state index is 11.0. The van der Waals surface area contributed by atoms with Crippen molar-refractivity contribution in [3.05, 3.63) is 96.3 Å². The number of aliphatic carboxylic acids is 1. The first-order chi connectivity index (χ1) is 14.7. The number of allylic oxidation sites excluding steroid dienone is 4. The van der Waals surface area contributed by atoms with Gasteiger partial charge in [0.2, 0.25) is 5.52 Å². The highest BCUT2D eigenvalue weighted by atomic mass is 16.4. The lowest BCUT2D eigenvalue weighted by Gasteiger charge is -2.26. The van der Waals surface area contributed by atoms with Crippen LogP contribution in [0.5, 0.6) is 0 Å². The molecular formula is C26H25N2O2+. The number of aryl methyl sites for hydroxylation is 1. The molecule has 1 N–H and O–H groups in total. The Hall–Kier alpha value is -3.66. The molecule has 4 rings (SSSR count). The summed E-state index contributed by atoms with van der Waals surface area (Å²) in [7, 11) is 0. The summed E-state index contributed by atoms with van der Waals surface area (Å²) in [5, 5.41) is 10.1. The summed E-state index contributed by atoms with van der Waals surface area (Å²) in [5.74, 6) is -0.787. The average Bonchev–Trinajstić information content (AvgIpc) is 2.78. The molecule has 3 aromatic rings. The number of hydrogen-bond acceptors (Lipinski definition) is 2. The number of carboxylic acid groups (broad SMARTS) is 1. The fraction of sp³-hybridized carbons (Fsp3) is 0.154. The number of carboxylic acids is 1. The van der Waals surface area contributed by atoms with Crippen LogP contribution in [-0.2, 0) is 11.3 Å². The molecule has 0 aliphatic carbocycles. The summed E-state index contributed by atoms with van der Waals surface area (Å²) in [6.45, 7) is 3.55. The summed E-state index contributed by atoms with van der Waals surface area (Å²) < 4.78 is 2.00. The number of nitrogens with zero attached hydrogens (tertiary/aromatic N) is 2. The second-order valence-electron chi connectivity index (χ2n) is 7.23. The fourth-order valence-electron chi connectivity index (χ4n) is 3.85. The van der Waals surface area contributed by atoms with Crippen molar-refractivity contribution in [1.82, 2.24) is 0 Å². The van der Waals surface area contributed by atoms with E-state index in [1.54, 1.807) is 0 Å². The van der Waals surface area contributed by atoms with Crippen LogP contribution in [0.1, 0.15) is 24.5 Å². The normalized spacial score (nSPS) is 14.6. The van der Waals surface area contributed by atoms with Gasteiger partial charge >= 0.3 is 5.97 Å². The molecule has 0 unspecified atom stereocenters. The zero-order valence-electron chi connectivity index (χ0n) is 17.0. The van der Waals surface area contributed by atoms with Crippen molar-refractivity contribution in [2.75, 3.05) is 11.4 Å². The van der Waals surface area contributed by atoms with Crippen molar-refractivity contribution >= 4 is 34.2 Å². The first kappa shape index (κ1) is 19.6. The van der Waals surface area contributed by atoms with Gasteiger partial charge in [0.05, 0.1) is 5.39 Å². The predicted molar refractivity (Wildman–Crippen MR) is 122 cm³/mol. The third kappa shape index (κ3) is 4.03. The average molecular weight is 397 g/mol. The van der Waals surface area contributed by atoms with E-state index in [9.17, 15) is 4.79 Å². The molecule has 0 spiro atoms. The van der Waals surface area contributed by atoms with E-state index in [2.05, 4.69) is 72.7 Å². The summed E-state index contributed by atoms with van der Waals surface area (Å²) in [4.78, 5) is 13.2. The van der Waals surface area contributed by atoms with Crippen LogP contribution in [0.3, 0.4) is 0 Å². The summed E-state index contributed by atoms with van der Waals surface area (Å²) in [5.41, 5.74) is 5.79. The molecule has 30 heavy (non-hydrogen) atoms.